The SMILES string of the molecule is COC(=O)c1cc(N)ccc1S(=O)(=O)N(C)CC(N)=O. The van der Waals surface area contributed by atoms with Gasteiger partial charge in [0.25, 0.3) is 0 Å². The summed E-state index contributed by atoms with van der Waals surface area (Å²) in [7, 11) is -1.76. The number of hydrogen-bond donors (Lipinski definition) is 2. The molecular weight excluding hydrogens is 286 g/mol. The van der Waals surface area contributed by atoms with Gasteiger partial charge >= 0.3 is 5.97 Å². The van der Waals surface area contributed by atoms with Crippen LogP contribution < -0.4 is 11.5 Å². The highest BCUT2D eigenvalue weighted by atomic mass is 32.2. The minimum Gasteiger partial charge on any atom is -0.465 e. The van der Waals surface area contributed by atoms with Crippen molar-refractivity contribution in [3.63, 3.8) is 0 Å². The molecule has 9 heteroatoms. The summed E-state index contributed by atoms with van der Waals surface area (Å²) in [6.45, 7) is -0.507. The Labute approximate surface area is 116 Å². The van der Waals surface area contributed by atoms with Crippen LogP contribution in [0, 0.1) is 0 Å². The second-order valence-electron chi connectivity index (χ2n) is 3.97. The third-order valence-electron chi connectivity index (χ3n) is 2.48. The molecule has 0 saturated carbocycles. The number of anilines is 1. The zero-order valence-electron chi connectivity index (χ0n) is 11.0. The summed E-state index contributed by atoms with van der Waals surface area (Å²) >= 11 is 0. The molecule has 0 aromatic heterocycles. The molecule has 1 aromatic rings. The van der Waals surface area contributed by atoms with Crippen LogP contribution >= 0.6 is 0 Å². The van der Waals surface area contributed by atoms with Crippen molar-refractivity contribution in [3.8, 4) is 0 Å². The summed E-state index contributed by atoms with van der Waals surface area (Å²) in [5.74, 6) is -1.66. The predicted molar refractivity (Wildman–Crippen MR) is 71.2 cm³/mol. The number of amides is 1. The first-order valence-electron chi connectivity index (χ1n) is 5.42. The van der Waals surface area contributed by atoms with Crippen molar-refractivity contribution in [2.75, 3.05) is 26.4 Å². The van der Waals surface area contributed by atoms with Crippen molar-refractivity contribution >= 4 is 27.6 Å². The normalized spacial score (nSPS) is 11.3. The number of ether oxygens (including phenoxy) is 1. The van der Waals surface area contributed by atoms with E-state index in [1.54, 1.807) is 0 Å². The van der Waals surface area contributed by atoms with Crippen LogP contribution in [0.15, 0.2) is 23.1 Å². The number of nitrogens with zero attached hydrogens (tertiary/aromatic N) is 1. The Balaban J connectivity index is 3.38. The maximum atomic E-state index is 12.3. The highest BCUT2D eigenvalue weighted by Crippen LogP contribution is 2.22. The molecule has 110 valence electrons. The van der Waals surface area contributed by atoms with E-state index < -0.39 is 28.4 Å². The van der Waals surface area contributed by atoms with Crippen LogP contribution in [0.1, 0.15) is 10.4 Å². The van der Waals surface area contributed by atoms with Crippen LogP contribution in [-0.4, -0.2) is 45.3 Å². The van der Waals surface area contributed by atoms with Crippen LogP contribution in [0.5, 0.6) is 0 Å². The van der Waals surface area contributed by atoms with Crippen molar-refractivity contribution in [2.24, 2.45) is 5.73 Å². The Morgan fingerprint density at radius 3 is 2.45 bits per heavy atom. The van der Waals surface area contributed by atoms with Crippen LogP contribution in [0.4, 0.5) is 5.69 Å². The van der Waals surface area contributed by atoms with Gasteiger partial charge in [0, 0.05) is 12.7 Å². The molecule has 0 saturated heterocycles. The van der Waals surface area contributed by atoms with Crippen molar-refractivity contribution in [2.45, 2.75) is 4.90 Å². The second-order valence-corrected chi connectivity index (χ2v) is 5.99. The Bertz CT molecular complexity index is 641. The van der Waals surface area contributed by atoms with Gasteiger partial charge in [-0.1, -0.05) is 0 Å². The molecule has 1 aromatic carbocycles. The predicted octanol–water partition coefficient (Wildman–Crippen LogP) is -0.839. The van der Waals surface area contributed by atoms with Crippen molar-refractivity contribution in [1.82, 2.24) is 4.31 Å². The van der Waals surface area contributed by atoms with E-state index in [0.29, 0.717) is 0 Å². The van der Waals surface area contributed by atoms with Gasteiger partial charge in [-0.25, -0.2) is 13.2 Å². The van der Waals surface area contributed by atoms with E-state index in [9.17, 15) is 18.0 Å². The Kier molecular flexibility index (Phi) is 4.69. The van der Waals surface area contributed by atoms with Gasteiger partial charge in [-0.15, -0.1) is 0 Å². The molecule has 0 aliphatic rings. The zero-order valence-corrected chi connectivity index (χ0v) is 11.8. The smallest absolute Gasteiger partial charge is 0.339 e. The molecule has 1 rings (SSSR count). The van der Waals surface area contributed by atoms with Gasteiger partial charge in [0.1, 0.15) is 0 Å². The first kappa shape index (κ1) is 15.9. The minimum atomic E-state index is -4.06. The average Bonchev–Trinajstić information content (AvgIpc) is 2.36. The number of carbonyl (C=O) groups excluding carboxylic acids is 2. The number of primary amides is 1. The van der Waals surface area contributed by atoms with Gasteiger partial charge in [0.15, 0.2) is 0 Å². The van der Waals surface area contributed by atoms with Crippen LogP contribution in [0.3, 0.4) is 0 Å². The van der Waals surface area contributed by atoms with E-state index in [1.807, 2.05) is 0 Å². The summed E-state index contributed by atoms with van der Waals surface area (Å²) < 4.78 is 29.8. The molecule has 1 amide bonds. The Hall–Kier alpha value is -2.13. The van der Waals surface area contributed by atoms with Crippen LogP contribution in [0.25, 0.3) is 0 Å². The zero-order chi connectivity index (χ0) is 15.5. The van der Waals surface area contributed by atoms with Gasteiger partial charge in [-0.3, -0.25) is 4.79 Å². The Morgan fingerprint density at radius 1 is 1.35 bits per heavy atom. The summed E-state index contributed by atoms with van der Waals surface area (Å²) in [6.07, 6.45) is 0. The molecule has 0 bridgehead atoms. The minimum absolute atomic E-state index is 0.205. The van der Waals surface area contributed by atoms with Gasteiger partial charge in [0.2, 0.25) is 15.9 Å². The van der Waals surface area contributed by atoms with E-state index in [0.717, 1.165) is 11.4 Å². The monoisotopic (exact) mass is 301 g/mol. The second kappa shape index (κ2) is 5.88. The maximum absolute atomic E-state index is 12.3. The fourth-order valence-corrected chi connectivity index (χ4v) is 2.81. The first-order valence-corrected chi connectivity index (χ1v) is 6.86. The first-order chi connectivity index (χ1) is 9.20. The highest BCUT2D eigenvalue weighted by molar-refractivity contribution is 7.89. The van der Waals surface area contributed by atoms with Crippen molar-refractivity contribution < 1.29 is 22.7 Å². The van der Waals surface area contributed by atoms with E-state index in [1.165, 1.54) is 25.2 Å². The third kappa shape index (κ3) is 3.25. The number of hydrogen-bond acceptors (Lipinski definition) is 6. The number of likely N-dealkylation sites (N-methyl/N-ethyl adjacent to an activating group) is 1. The summed E-state index contributed by atoms with van der Waals surface area (Å²) in [6, 6.07) is 3.70. The lowest BCUT2D eigenvalue weighted by Crippen LogP contribution is -2.36. The molecule has 20 heavy (non-hydrogen) atoms. The van der Waals surface area contributed by atoms with Gasteiger partial charge < -0.3 is 16.2 Å². The lowest BCUT2D eigenvalue weighted by Gasteiger charge is -2.17. The highest BCUT2D eigenvalue weighted by Gasteiger charge is 2.28. The van der Waals surface area contributed by atoms with Gasteiger partial charge in [-0.2, -0.15) is 4.31 Å². The molecule has 0 atom stereocenters. The summed E-state index contributed by atoms with van der Waals surface area (Å²) in [5, 5.41) is 0. The average molecular weight is 301 g/mol. The lowest BCUT2D eigenvalue weighted by atomic mass is 10.2. The number of carbonyl (C=O) groups is 2. The van der Waals surface area contributed by atoms with Gasteiger partial charge in [0.05, 0.1) is 24.1 Å². The molecular formula is C11H15N3O5S. The number of rotatable bonds is 5. The fraction of sp³-hybridized carbons (Fsp3) is 0.273. The van der Waals surface area contributed by atoms with E-state index in [-0.39, 0.29) is 16.1 Å². The molecule has 0 fully saturated rings. The van der Waals surface area contributed by atoms with Crippen LogP contribution in [-0.2, 0) is 19.6 Å². The number of nitrogen functional groups attached to an aromatic ring is 1. The molecule has 0 spiro atoms. The number of nitrogens with two attached hydrogens (primary N) is 2. The quantitative estimate of drug-likeness (QED) is 0.538. The molecule has 4 N–H and O–H groups in total. The summed E-state index contributed by atoms with van der Waals surface area (Å²) in [4.78, 5) is 22.1. The Morgan fingerprint density at radius 2 is 1.95 bits per heavy atom. The van der Waals surface area contributed by atoms with Gasteiger partial charge in [-0.05, 0) is 18.2 Å². The largest absolute Gasteiger partial charge is 0.465 e. The van der Waals surface area contributed by atoms with Crippen LogP contribution in [0.2, 0.25) is 0 Å². The molecule has 8 nitrogen and oxygen atoms in total. The third-order valence-corrected chi connectivity index (χ3v) is 4.34. The van der Waals surface area contributed by atoms with Crippen molar-refractivity contribution in [1.29, 1.82) is 0 Å². The maximum Gasteiger partial charge on any atom is 0.339 e. The topological polar surface area (TPSA) is 133 Å². The fourth-order valence-electron chi connectivity index (χ4n) is 1.51. The molecule has 0 aliphatic carbocycles. The standard InChI is InChI=1S/C11H15N3O5S/c1-14(6-10(13)15)20(17,18)9-4-3-7(12)5-8(9)11(16)19-2/h3-5H,6,12H2,1-2H3,(H2,13,15). The molecule has 0 heterocycles. The number of sulfonamides is 1. The molecule has 0 unspecified atom stereocenters. The number of esters is 1. The van der Waals surface area contributed by atoms with E-state index >= 15 is 0 Å². The lowest BCUT2D eigenvalue weighted by molar-refractivity contribution is -0.118. The molecule has 0 radical (unpaired) electrons. The number of benzene rings is 1. The van der Waals surface area contributed by atoms with Crippen molar-refractivity contribution in [3.05, 3.63) is 23.8 Å². The van der Waals surface area contributed by atoms with E-state index in [4.69, 9.17) is 11.5 Å². The number of methoxy groups -OCH3 is 1. The summed E-state index contributed by atoms with van der Waals surface area (Å²) in [5.41, 5.74) is 10.5. The van der Waals surface area contributed by atoms with E-state index in [2.05, 4.69) is 4.74 Å². The molecule has 0 aliphatic heterocycles.